The predicted octanol–water partition coefficient (Wildman–Crippen LogP) is 1.45. The summed E-state index contributed by atoms with van der Waals surface area (Å²) in [7, 11) is 1.45. The number of hydrogen-bond acceptors (Lipinski definition) is 5. The maximum atomic E-state index is 13.1. The lowest BCUT2D eigenvalue weighted by Crippen LogP contribution is -2.42. The van der Waals surface area contributed by atoms with Gasteiger partial charge in [-0.25, -0.2) is 9.18 Å². The molecule has 10 heteroatoms. The highest BCUT2D eigenvalue weighted by molar-refractivity contribution is 5.97. The van der Waals surface area contributed by atoms with Crippen LogP contribution in [0.2, 0.25) is 0 Å². The van der Waals surface area contributed by atoms with Crippen molar-refractivity contribution in [2.45, 2.75) is 13.0 Å². The van der Waals surface area contributed by atoms with Crippen molar-refractivity contribution in [3.63, 3.8) is 0 Å². The fourth-order valence-corrected chi connectivity index (χ4v) is 2.24. The molecule has 3 amide bonds. The Morgan fingerprint density at radius 2 is 1.89 bits per heavy atom. The number of halogens is 1. The molecule has 2 rings (SSSR count). The van der Waals surface area contributed by atoms with Crippen molar-refractivity contribution in [3.05, 3.63) is 53.5 Å². The Hall–Kier alpha value is -3.53. The number of aromatic nitrogens is 1. The molecule has 0 unspecified atom stereocenters. The van der Waals surface area contributed by atoms with Crippen molar-refractivity contribution in [2.75, 3.05) is 13.7 Å². The van der Waals surface area contributed by atoms with E-state index >= 15 is 0 Å². The van der Waals surface area contributed by atoms with Gasteiger partial charge in [0.25, 0.3) is 5.91 Å². The van der Waals surface area contributed by atoms with Crippen LogP contribution < -0.4 is 16.2 Å². The first-order chi connectivity index (χ1) is 13.4. The van der Waals surface area contributed by atoms with Crippen LogP contribution in [0.4, 0.5) is 9.18 Å². The normalized spacial score (nSPS) is 10.2. The molecular formula is C18H19FN4O5. The monoisotopic (exact) mass is 390 g/mol. The van der Waals surface area contributed by atoms with Crippen LogP contribution in [-0.2, 0) is 16.1 Å². The van der Waals surface area contributed by atoms with E-state index in [2.05, 4.69) is 21.2 Å². The van der Waals surface area contributed by atoms with Crippen LogP contribution in [-0.4, -0.2) is 41.7 Å². The molecule has 9 nitrogen and oxygen atoms in total. The summed E-state index contributed by atoms with van der Waals surface area (Å²) in [6, 6.07) is 6.95. The van der Waals surface area contributed by atoms with Crippen LogP contribution in [0.1, 0.15) is 22.3 Å². The average Bonchev–Trinajstić information content (AvgIpc) is 2.69. The molecule has 0 aliphatic rings. The first kappa shape index (κ1) is 20.8. The number of methoxy groups -OCH3 is 1. The van der Waals surface area contributed by atoms with Crippen LogP contribution in [0.3, 0.4) is 0 Å². The Kier molecular flexibility index (Phi) is 7.40. The van der Waals surface area contributed by atoms with E-state index in [1.807, 2.05) is 0 Å². The highest BCUT2D eigenvalue weighted by atomic mass is 19.1. The summed E-state index contributed by atoms with van der Waals surface area (Å²) in [6.07, 6.45) is 0.138. The molecule has 0 aliphatic carbocycles. The molecule has 28 heavy (non-hydrogen) atoms. The van der Waals surface area contributed by atoms with Gasteiger partial charge in [0.05, 0.1) is 18.7 Å². The Balaban J connectivity index is 2.24. The SMILES string of the molecule is COCCC(=O)NNC(=O)c1cc(-c2ccc(F)cc2)ncc1CNC(=O)O. The number of pyridine rings is 1. The van der Waals surface area contributed by atoms with Crippen molar-refractivity contribution in [3.8, 4) is 11.3 Å². The maximum absolute atomic E-state index is 13.1. The zero-order chi connectivity index (χ0) is 20.5. The first-order valence-corrected chi connectivity index (χ1v) is 8.20. The molecule has 1 aromatic carbocycles. The van der Waals surface area contributed by atoms with Crippen LogP contribution >= 0.6 is 0 Å². The van der Waals surface area contributed by atoms with Crippen molar-refractivity contribution < 1.29 is 28.6 Å². The number of ether oxygens (including phenoxy) is 1. The van der Waals surface area contributed by atoms with Crippen molar-refractivity contribution >= 4 is 17.9 Å². The smallest absolute Gasteiger partial charge is 0.404 e. The molecule has 2 aromatic rings. The number of carbonyl (C=O) groups excluding carboxylic acids is 2. The summed E-state index contributed by atoms with van der Waals surface area (Å²) in [5, 5.41) is 10.9. The maximum Gasteiger partial charge on any atom is 0.404 e. The molecule has 1 heterocycles. The van der Waals surface area contributed by atoms with Gasteiger partial charge < -0.3 is 15.2 Å². The Labute approximate surface area is 159 Å². The molecule has 0 saturated heterocycles. The van der Waals surface area contributed by atoms with Gasteiger partial charge in [0.1, 0.15) is 5.82 Å². The van der Waals surface area contributed by atoms with E-state index in [0.29, 0.717) is 16.8 Å². The number of hydrazine groups is 1. The lowest BCUT2D eigenvalue weighted by molar-refractivity contribution is -0.122. The second-order valence-corrected chi connectivity index (χ2v) is 5.64. The summed E-state index contributed by atoms with van der Waals surface area (Å²) in [5.74, 6) is -1.52. The van der Waals surface area contributed by atoms with Gasteiger partial charge in [-0.2, -0.15) is 0 Å². The lowest BCUT2D eigenvalue weighted by atomic mass is 10.0. The number of rotatable bonds is 7. The minimum absolute atomic E-state index is 0.0569. The van der Waals surface area contributed by atoms with Gasteiger partial charge in [-0.3, -0.25) is 25.4 Å². The summed E-state index contributed by atoms with van der Waals surface area (Å²) in [4.78, 5) is 39.1. The fourth-order valence-electron chi connectivity index (χ4n) is 2.24. The minimum atomic E-state index is -1.26. The summed E-state index contributed by atoms with van der Waals surface area (Å²) in [5.41, 5.74) is 5.88. The van der Waals surface area contributed by atoms with Crippen LogP contribution in [0.15, 0.2) is 36.5 Å². The zero-order valence-electron chi connectivity index (χ0n) is 15.0. The largest absolute Gasteiger partial charge is 0.465 e. The fraction of sp³-hybridized carbons (Fsp3) is 0.222. The Morgan fingerprint density at radius 1 is 1.18 bits per heavy atom. The highest BCUT2D eigenvalue weighted by Crippen LogP contribution is 2.20. The minimum Gasteiger partial charge on any atom is -0.465 e. The number of carboxylic acid groups (broad SMARTS) is 1. The van der Waals surface area contributed by atoms with Crippen molar-refractivity contribution in [2.24, 2.45) is 0 Å². The van der Waals surface area contributed by atoms with Gasteiger partial charge in [-0.15, -0.1) is 0 Å². The molecule has 0 radical (unpaired) electrons. The number of benzene rings is 1. The van der Waals surface area contributed by atoms with Gasteiger partial charge in [0.15, 0.2) is 0 Å². The van der Waals surface area contributed by atoms with E-state index in [9.17, 15) is 18.8 Å². The topological polar surface area (TPSA) is 130 Å². The second-order valence-electron chi connectivity index (χ2n) is 5.64. The number of nitrogens with zero attached hydrogens (tertiary/aromatic N) is 1. The standard InChI is InChI=1S/C18H19FN4O5/c1-28-7-6-16(24)22-23-17(25)14-8-15(11-2-4-13(19)5-3-11)20-9-12(14)10-21-18(26)27/h2-5,8-9,21H,6-7,10H2,1H3,(H,22,24)(H,23,25)(H,26,27). The van der Waals surface area contributed by atoms with Crippen LogP contribution in [0.25, 0.3) is 11.3 Å². The second kappa shape index (κ2) is 9.97. The van der Waals surface area contributed by atoms with Gasteiger partial charge in [0, 0.05) is 36.5 Å². The van der Waals surface area contributed by atoms with E-state index in [1.54, 1.807) is 0 Å². The molecule has 0 atom stereocenters. The van der Waals surface area contributed by atoms with Crippen molar-refractivity contribution in [1.29, 1.82) is 0 Å². The van der Waals surface area contributed by atoms with Gasteiger partial charge in [0.2, 0.25) is 5.91 Å². The molecule has 1 aromatic heterocycles. The van der Waals surface area contributed by atoms with E-state index in [0.717, 1.165) is 0 Å². The third-order valence-corrected chi connectivity index (χ3v) is 3.65. The molecule has 0 fully saturated rings. The summed E-state index contributed by atoms with van der Waals surface area (Å²) < 4.78 is 17.9. The summed E-state index contributed by atoms with van der Waals surface area (Å²) >= 11 is 0. The number of hydrogen-bond donors (Lipinski definition) is 4. The average molecular weight is 390 g/mol. The quantitative estimate of drug-likeness (QED) is 0.530. The molecule has 0 bridgehead atoms. The van der Waals surface area contributed by atoms with E-state index in [4.69, 9.17) is 9.84 Å². The molecule has 148 valence electrons. The number of amides is 3. The van der Waals surface area contributed by atoms with E-state index in [-0.39, 0.29) is 25.1 Å². The lowest BCUT2D eigenvalue weighted by Gasteiger charge is -2.12. The zero-order valence-corrected chi connectivity index (χ0v) is 15.0. The molecule has 4 N–H and O–H groups in total. The van der Waals surface area contributed by atoms with Crippen LogP contribution in [0.5, 0.6) is 0 Å². The van der Waals surface area contributed by atoms with Gasteiger partial charge >= 0.3 is 6.09 Å². The Bertz CT molecular complexity index is 858. The molecular weight excluding hydrogens is 371 g/mol. The third-order valence-electron chi connectivity index (χ3n) is 3.65. The first-order valence-electron chi connectivity index (χ1n) is 8.20. The third kappa shape index (κ3) is 6.02. The molecule has 0 saturated carbocycles. The Morgan fingerprint density at radius 3 is 2.54 bits per heavy atom. The van der Waals surface area contributed by atoms with Gasteiger partial charge in [-0.1, -0.05) is 0 Å². The van der Waals surface area contributed by atoms with Gasteiger partial charge in [-0.05, 0) is 30.3 Å². The summed E-state index contributed by atoms with van der Waals surface area (Å²) in [6.45, 7) is 0.0336. The van der Waals surface area contributed by atoms with E-state index < -0.39 is 23.7 Å². The molecule has 0 spiro atoms. The van der Waals surface area contributed by atoms with E-state index in [1.165, 1.54) is 43.6 Å². The number of nitrogens with one attached hydrogen (secondary N) is 3. The predicted molar refractivity (Wildman–Crippen MR) is 96.6 cm³/mol. The number of carbonyl (C=O) groups is 3. The van der Waals surface area contributed by atoms with Crippen molar-refractivity contribution in [1.82, 2.24) is 21.2 Å². The molecule has 0 aliphatic heterocycles. The highest BCUT2D eigenvalue weighted by Gasteiger charge is 2.15. The van der Waals surface area contributed by atoms with Crippen LogP contribution in [0, 0.1) is 5.82 Å².